The fraction of sp³-hybridized carbons (Fsp3) is 0.278. The smallest absolute Gasteiger partial charge is 0.321 e. The molecule has 1 atom stereocenters. The van der Waals surface area contributed by atoms with Crippen LogP contribution in [0.3, 0.4) is 0 Å². The van der Waals surface area contributed by atoms with Gasteiger partial charge in [-0.3, -0.25) is 4.90 Å². The van der Waals surface area contributed by atoms with Crippen molar-refractivity contribution in [3.63, 3.8) is 0 Å². The Morgan fingerprint density at radius 3 is 2.75 bits per heavy atom. The Labute approximate surface area is 139 Å². The molecule has 1 aliphatic rings. The highest BCUT2D eigenvalue weighted by Crippen LogP contribution is 2.31. The van der Waals surface area contributed by atoms with Crippen LogP contribution < -0.4 is 10.2 Å². The number of carbonyl (C=O) groups excluding carboxylic acids is 1. The molecule has 0 aromatic heterocycles. The Kier molecular flexibility index (Phi) is 4.76. The van der Waals surface area contributed by atoms with Gasteiger partial charge in [0.15, 0.2) is 0 Å². The number of nitrogens with zero attached hydrogens (tertiary/aromatic N) is 1. The largest absolute Gasteiger partial charge is 0.375 e. The second-order valence-corrected chi connectivity index (χ2v) is 5.61. The van der Waals surface area contributed by atoms with Crippen LogP contribution in [0.1, 0.15) is 17.2 Å². The van der Waals surface area contributed by atoms with Crippen molar-refractivity contribution >= 4 is 11.7 Å². The zero-order chi connectivity index (χ0) is 17.1. The Balaban J connectivity index is 1.69. The molecule has 1 heterocycles. The van der Waals surface area contributed by atoms with Gasteiger partial charge in [-0.05, 0) is 18.1 Å². The van der Waals surface area contributed by atoms with Crippen molar-refractivity contribution in [2.24, 2.45) is 0 Å². The highest BCUT2D eigenvalue weighted by atomic mass is 19.1. The third-order valence-electron chi connectivity index (χ3n) is 4.15. The van der Waals surface area contributed by atoms with Gasteiger partial charge in [0.25, 0.3) is 0 Å². The van der Waals surface area contributed by atoms with Gasteiger partial charge < -0.3 is 10.1 Å². The van der Waals surface area contributed by atoms with Gasteiger partial charge in [0.2, 0.25) is 0 Å². The molecular weight excluding hydrogens is 314 g/mol. The summed E-state index contributed by atoms with van der Waals surface area (Å²) in [6.45, 7) is 0.591. The molecule has 0 unspecified atom stereocenters. The average Bonchev–Trinajstić information content (AvgIpc) is 3.00. The van der Waals surface area contributed by atoms with Crippen LogP contribution in [0.15, 0.2) is 42.5 Å². The Morgan fingerprint density at radius 2 is 2.04 bits per heavy atom. The van der Waals surface area contributed by atoms with Crippen LogP contribution in [-0.4, -0.2) is 26.2 Å². The molecule has 126 valence electrons. The Bertz CT molecular complexity index is 737. The lowest BCUT2D eigenvalue weighted by Gasteiger charge is -2.21. The van der Waals surface area contributed by atoms with Crippen molar-refractivity contribution in [2.45, 2.75) is 12.5 Å². The number of urea groups is 1. The van der Waals surface area contributed by atoms with Gasteiger partial charge in [-0.1, -0.05) is 30.3 Å². The molecule has 24 heavy (non-hydrogen) atoms. The molecule has 6 heteroatoms. The van der Waals surface area contributed by atoms with E-state index in [2.05, 4.69) is 5.32 Å². The van der Waals surface area contributed by atoms with E-state index >= 15 is 0 Å². The maximum Gasteiger partial charge on any atom is 0.321 e. The van der Waals surface area contributed by atoms with E-state index in [4.69, 9.17) is 4.74 Å². The number of rotatable bonds is 4. The molecule has 1 N–H and O–H groups in total. The number of benzene rings is 2. The van der Waals surface area contributed by atoms with Crippen LogP contribution in [0, 0.1) is 11.6 Å². The molecule has 2 aromatic rings. The Morgan fingerprint density at radius 1 is 1.29 bits per heavy atom. The van der Waals surface area contributed by atoms with E-state index < -0.39 is 17.7 Å². The molecule has 0 fully saturated rings. The topological polar surface area (TPSA) is 41.6 Å². The standard InChI is InChI=1S/C18H18F2N2O2/c1-24-17(12-5-3-2-4-6-12)11-21-18(23)22-8-7-14-15(20)9-13(19)10-16(14)22/h2-6,9-10,17H,7-8,11H2,1H3,(H,21,23)/t17-/m0/s1. The third kappa shape index (κ3) is 3.23. The van der Waals surface area contributed by atoms with Crippen LogP contribution in [0.2, 0.25) is 0 Å². The first kappa shape index (κ1) is 16.4. The summed E-state index contributed by atoms with van der Waals surface area (Å²) in [5.41, 5.74) is 1.61. The minimum absolute atomic E-state index is 0.267. The molecule has 2 aromatic carbocycles. The predicted octanol–water partition coefficient (Wildman–Crippen LogP) is 3.42. The van der Waals surface area contributed by atoms with Crippen LogP contribution in [0.5, 0.6) is 0 Å². The summed E-state index contributed by atoms with van der Waals surface area (Å²) in [5, 5.41) is 2.77. The first-order valence-corrected chi connectivity index (χ1v) is 7.71. The van der Waals surface area contributed by atoms with Crippen molar-refractivity contribution in [3.8, 4) is 0 Å². The van der Waals surface area contributed by atoms with Crippen molar-refractivity contribution in [1.29, 1.82) is 0 Å². The van der Waals surface area contributed by atoms with Gasteiger partial charge in [-0.2, -0.15) is 0 Å². The van der Waals surface area contributed by atoms with Crippen LogP contribution in [-0.2, 0) is 11.2 Å². The number of hydrogen-bond acceptors (Lipinski definition) is 2. The van der Waals surface area contributed by atoms with Crippen LogP contribution in [0.25, 0.3) is 0 Å². The number of nitrogens with one attached hydrogen (secondary N) is 1. The lowest BCUT2D eigenvalue weighted by molar-refractivity contribution is 0.104. The molecule has 0 radical (unpaired) electrons. The van der Waals surface area contributed by atoms with E-state index in [0.717, 1.165) is 11.6 Å². The predicted molar refractivity (Wildman–Crippen MR) is 87.0 cm³/mol. The molecule has 0 aliphatic carbocycles. The highest BCUT2D eigenvalue weighted by molar-refractivity contribution is 5.94. The molecule has 2 amide bonds. The lowest BCUT2D eigenvalue weighted by atomic mass is 10.1. The maximum absolute atomic E-state index is 13.8. The molecule has 0 spiro atoms. The second-order valence-electron chi connectivity index (χ2n) is 5.61. The Hall–Kier alpha value is -2.47. The SMILES string of the molecule is CO[C@@H](CNC(=O)N1CCc2c(F)cc(F)cc21)c1ccccc1. The molecule has 4 nitrogen and oxygen atoms in total. The number of amides is 2. The quantitative estimate of drug-likeness (QED) is 0.932. The third-order valence-corrected chi connectivity index (χ3v) is 4.15. The van der Waals surface area contributed by atoms with Gasteiger partial charge in [0.1, 0.15) is 11.6 Å². The van der Waals surface area contributed by atoms with Crippen LogP contribution in [0.4, 0.5) is 19.3 Å². The number of halogens is 2. The summed E-state index contributed by atoms with van der Waals surface area (Å²) in [5.74, 6) is -1.30. The van der Waals surface area contributed by atoms with Crippen molar-refractivity contribution in [1.82, 2.24) is 5.32 Å². The first-order valence-electron chi connectivity index (χ1n) is 7.71. The number of fused-ring (bicyclic) bond motifs is 1. The number of hydrogen-bond donors (Lipinski definition) is 1. The summed E-state index contributed by atoms with van der Waals surface area (Å²) in [6, 6.07) is 11.2. The van der Waals surface area contributed by atoms with Gasteiger partial charge in [-0.15, -0.1) is 0 Å². The van der Waals surface area contributed by atoms with E-state index in [1.807, 2.05) is 30.3 Å². The minimum atomic E-state index is -0.690. The normalized spacial score (nSPS) is 14.4. The molecular formula is C18H18F2N2O2. The number of methoxy groups -OCH3 is 1. The van der Waals surface area contributed by atoms with Gasteiger partial charge in [0, 0.05) is 31.8 Å². The number of ether oxygens (including phenoxy) is 1. The molecule has 0 bridgehead atoms. The van der Waals surface area contributed by atoms with Crippen molar-refractivity contribution in [2.75, 3.05) is 25.1 Å². The summed E-state index contributed by atoms with van der Waals surface area (Å²) in [4.78, 5) is 13.8. The summed E-state index contributed by atoms with van der Waals surface area (Å²) < 4.78 is 32.6. The van der Waals surface area contributed by atoms with E-state index in [0.29, 0.717) is 24.2 Å². The molecule has 0 saturated carbocycles. The van der Waals surface area contributed by atoms with Gasteiger partial charge in [0.05, 0.1) is 11.8 Å². The lowest BCUT2D eigenvalue weighted by Crippen LogP contribution is -2.41. The monoisotopic (exact) mass is 332 g/mol. The number of anilines is 1. The second kappa shape index (κ2) is 6.97. The van der Waals surface area contributed by atoms with Gasteiger partial charge >= 0.3 is 6.03 Å². The van der Waals surface area contributed by atoms with Crippen molar-refractivity contribution < 1.29 is 18.3 Å². The average molecular weight is 332 g/mol. The maximum atomic E-state index is 13.8. The van der Waals surface area contributed by atoms with Crippen LogP contribution >= 0.6 is 0 Å². The van der Waals surface area contributed by atoms with E-state index in [1.54, 1.807) is 7.11 Å². The summed E-state index contributed by atoms with van der Waals surface area (Å²) in [7, 11) is 1.57. The van der Waals surface area contributed by atoms with E-state index in [1.165, 1.54) is 11.0 Å². The van der Waals surface area contributed by atoms with E-state index in [9.17, 15) is 13.6 Å². The van der Waals surface area contributed by atoms with E-state index in [-0.39, 0.29) is 12.6 Å². The molecule has 1 aliphatic heterocycles. The van der Waals surface area contributed by atoms with Crippen molar-refractivity contribution in [3.05, 3.63) is 65.2 Å². The fourth-order valence-electron chi connectivity index (χ4n) is 2.91. The summed E-state index contributed by atoms with van der Waals surface area (Å²) >= 11 is 0. The minimum Gasteiger partial charge on any atom is -0.375 e. The zero-order valence-corrected chi connectivity index (χ0v) is 13.3. The van der Waals surface area contributed by atoms with Gasteiger partial charge in [-0.25, -0.2) is 13.6 Å². The highest BCUT2D eigenvalue weighted by Gasteiger charge is 2.28. The summed E-state index contributed by atoms with van der Waals surface area (Å²) in [6.07, 6.45) is 0.0859. The first-order chi connectivity index (χ1) is 11.6. The zero-order valence-electron chi connectivity index (χ0n) is 13.3. The molecule has 3 rings (SSSR count). The number of carbonyl (C=O) groups is 1. The fourth-order valence-corrected chi connectivity index (χ4v) is 2.91. The molecule has 0 saturated heterocycles.